The number of hydrogen-bond acceptors (Lipinski definition) is 4. The fourth-order valence-corrected chi connectivity index (χ4v) is 5.51. The van der Waals surface area contributed by atoms with Gasteiger partial charge >= 0.3 is 0 Å². The number of amides is 1. The molecule has 0 unspecified atom stereocenters. The van der Waals surface area contributed by atoms with Crippen molar-refractivity contribution < 1.29 is 13.2 Å². The Hall–Kier alpha value is -1.61. The minimum absolute atomic E-state index is 0.00609. The average Bonchev–Trinajstić information content (AvgIpc) is 3.21. The SMILES string of the molecule is O=C(NCCCn1ccnc1)C1CCN(S(=O)(=O)Cc2ccc(Cl)cc2Cl)CC1. The molecule has 29 heavy (non-hydrogen) atoms. The van der Waals surface area contributed by atoms with Gasteiger partial charge in [-0.25, -0.2) is 17.7 Å². The highest BCUT2D eigenvalue weighted by Gasteiger charge is 2.31. The second-order valence-electron chi connectivity index (χ2n) is 7.11. The lowest BCUT2D eigenvalue weighted by Crippen LogP contribution is -2.43. The van der Waals surface area contributed by atoms with Gasteiger partial charge in [0.1, 0.15) is 0 Å². The summed E-state index contributed by atoms with van der Waals surface area (Å²) in [5, 5.41) is 3.76. The van der Waals surface area contributed by atoms with E-state index < -0.39 is 10.0 Å². The van der Waals surface area contributed by atoms with Crippen molar-refractivity contribution in [3.63, 3.8) is 0 Å². The zero-order chi connectivity index (χ0) is 20.9. The Morgan fingerprint density at radius 1 is 1.24 bits per heavy atom. The maximum absolute atomic E-state index is 12.7. The van der Waals surface area contributed by atoms with Crippen LogP contribution in [0.4, 0.5) is 0 Å². The van der Waals surface area contributed by atoms with E-state index in [0.29, 0.717) is 48.1 Å². The predicted octanol–water partition coefficient (Wildman–Crippen LogP) is 2.94. The van der Waals surface area contributed by atoms with Gasteiger partial charge in [-0.05, 0) is 37.0 Å². The van der Waals surface area contributed by atoms with E-state index in [-0.39, 0.29) is 17.6 Å². The molecule has 1 amide bonds. The first-order valence-electron chi connectivity index (χ1n) is 9.50. The van der Waals surface area contributed by atoms with Crippen LogP contribution in [0.1, 0.15) is 24.8 Å². The van der Waals surface area contributed by atoms with Crippen LogP contribution >= 0.6 is 23.2 Å². The normalized spacial score (nSPS) is 16.1. The molecule has 0 saturated carbocycles. The molecule has 1 aromatic heterocycles. The van der Waals surface area contributed by atoms with Crippen LogP contribution < -0.4 is 5.32 Å². The quantitative estimate of drug-likeness (QED) is 0.616. The predicted molar refractivity (Wildman–Crippen MR) is 113 cm³/mol. The number of sulfonamides is 1. The van der Waals surface area contributed by atoms with Gasteiger partial charge in [0.05, 0.1) is 12.1 Å². The number of carbonyl (C=O) groups excluding carboxylic acids is 1. The van der Waals surface area contributed by atoms with Crippen LogP contribution in [0.25, 0.3) is 0 Å². The zero-order valence-electron chi connectivity index (χ0n) is 15.9. The van der Waals surface area contributed by atoms with Crippen molar-refractivity contribution >= 4 is 39.1 Å². The molecular weight excluding hydrogens is 435 g/mol. The minimum atomic E-state index is -3.50. The van der Waals surface area contributed by atoms with Crippen LogP contribution in [0.3, 0.4) is 0 Å². The highest BCUT2D eigenvalue weighted by Crippen LogP contribution is 2.26. The zero-order valence-corrected chi connectivity index (χ0v) is 18.3. The largest absolute Gasteiger partial charge is 0.356 e. The summed E-state index contributed by atoms with van der Waals surface area (Å²) in [6.07, 6.45) is 7.20. The van der Waals surface area contributed by atoms with E-state index in [1.807, 2.05) is 10.8 Å². The first kappa shape index (κ1) is 22.1. The summed E-state index contributed by atoms with van der Waals surface area (Å²) in [4.78, 5) is 16.3. The maximum Gasteiger partial charge on any atom is 0.223 e. The lowest BCUT2D eigenvalue weighted by Gasteiger charge is -2.30. The minimum Gasteiger partial charge on any atom is -0.356 e. The maximum atomic E-state index is 12.7. The van der Waals surface area contributed by atoms with Gasteiger partial charge in [0.25, 0.3) is 0 Å². The summed E-state index contributed by atoms with van der Waals surface area (Å²) < 4.78 is 28.8. The molecular formula is C19H24Cl2N4O3S. The molecule has 2 heterocycles. The third-order valence-corrected chi connectivity index (χ3v) is 7.44. The van der Waals surface area contributed by atoms with E-state index in [9.17, 15) is 13.2 Å². The van der Waals surface area contributed by atoms with Crippen LogP contribution in [-0.4, -0.2) is 47.8 Å². The monoisotopic (exact) mass is 458 g/mol. The van der Waals surface area contributed by atoms with E-state index >= 15 is 0 Å². The number of nitrogens with one attached hydrogen (secondary N) is 1. The second-order valence-corrected chi connectivity index (χ2v) is 9.92. The fourth-order valence-electron chi connectivity index (χ4n) is 3.36. The van der Waals surface area contributed by atoms with E-state index in [1.165, 1.54) is 10.4 Å². The number of aryl methyl sites for hydroxylation is 1. The number of hydrogen-bond donors (Lipinski definition) is 1. The molecule has 7 nitrogen and oxygen atoms in total. The van der Waals surface area contributed by atoms with Crippen molar-refractivity contribution in [2.45, 2.75) is 31.6 Å². The lowest BCUT2D eigenvalue weighted by atomic mass is 9.97. The van der Waals surface area contributed by atoms with Gasteiger partial charge in [0.15, 0.2) is 0 Å². The third-order valence-electron chi connectivity index (χ3n) is 5.02. The van der Waals surface area contributed by atoms with Gasteiger partial charge in [0.2, 0.25) is 15.9 Å². The van der Waals surface area contributed by atoms with Crippen molar-refractivity contribution in [2.75, 3.05) is 19.6 Å². The molecule has 1 N–H and O–H groups in total. The summed E-state index contributed by atoms with van der Waals surface area (Å²) in [5.74, 6) is -0.337. The first-order valence-corrected chi connectivity index (χ1v) is 11.9. The first-order chi connectivity index (χ1) is 13.8. The van der Waals surface area contributed by atoms with Gasteiger partial charge in [-0.2, -0.15) is 0 Å². The highest BCUT2D eigenvalue weighted by atomic mass is 35.5. The average molecular weight is 459 g/mol. The number of benzene rings is 1. The Bertz CT molecular complexity index is 927. The van der Waals surface area contributed by atoms with E-state index in [2.05, 4.69) is 10.3 Å². The number of piperidine rings is 1. The molecule has 1 fully saturated rings. The Morgan fingerprint density at radius 2 is 2.00 bits per heavy atom. The van der Waals surface area contributed by atoms with Gasteiger partial charge < -0.3 is 9.88 Å². The number of carbonyl (C=O) groups is 1. The van der Waals surface area contributed by atoms with E-state index in [4.69, 9.17) is 23.2 Å². The van der Waals surface area contributed by atoms with Crippen LogP contribution in [0.2, 0.25) is 10.0 Å². The molecule has 1 aliphatic heterocycles. The van der Waals surface area contributed by atoms with Crippen LogP contribution in [0.5, 0.6) is 0 Å². The van der Waals surface area contributed by atoms with E-state index in [0.717, 1.165) is 13.0 Å². The lowest BCUT2D eigenvalue weighted by molar-refractivity contribution is -0.126. The molecule has 3 rings (SSSR count). The molecule has 10 heteroatoms. The number of nitrogens with zero attached hydrogens (tertiary/aromatic N) is 3. The van der Waals surface area contributed by atoms with Crippen LogP contribution in [-0.2, 0) is 27.1 Å². The molecule has 0 spiro atoms. The molecule has 0 radical (unpaired) electrons. The summed E-state index contributed by atoms with van der Waals surface area (Å²) in [6.45, 7) is 2.05. The smallest absolute Gasteiger partial charge is 0.223 e. The summed E-state index contributed by atoms with van der Waals surface area (Å²) >= 11 is 12.0. The number of aromatic nitrogens is 2. The number of imidazole rings is 1. The molecule has 1 saturated heterocycles. The Morgan fingerprint density at radius 3 is 2.66 bits per heavy atom. The van der Waals surface area contributed by atoms with Gasteiger partial charge in [0, 0.05) is 54.5 Å². The molecule has 1 aliphatic rings. The molecule has 1 aromatic carbocycles. The van der Waals surface area contributed by atoms with Crippen molar-refractivity contribution in [3.05, 3.63) is 52.5 Å². The third kappa shape index (κ3) is 6.18. The molecule has 158 valence electrons. The Labute approximate surface area is 181 Å². The number of halogens is 2. The van der Waals surface area contributed by atoms with Crippen molar-refractivity contribution in [2.24, 2.45) is 5.92 Å². The molecule has 0 aliphatic carbocycles. The van der Waals surface area contributed by atoms with Crippen molar-refractivity contribution in [1.29, 1.82) is 0 Å². The van der Waals surface area contributed by atoms with Crippen LogP contribution in [0.15, 0.2) is 36.9 Å². The fraction of sp³-hybridized carbons (Fsp3) is 0.474. The Balaban J connectivity index is 1.44. The molecule has 0 bridgehead atoms. The van der Waals surface area contributed by atoms with Gasteiger partial charge in [-0.15, -0.1) is 0 Å². The standard InChI is InChI=1S/C19H24Cl2N4O3S/c20-17-3-2-16(18(21)12-17)13-29(27,28)25-9-4-15(5-10-25)19(26)23-6-1-8-24-11-7-22-14-24/h2-3,7,11-12,14-15H,1,4-6,8-10,13H2,(H,23,26). The van der Waals surface area contributed by atoms with Gasteiger partial charge in [-0.3, -0.25) is 4.79 Å². The summed E-state index contributed by atoms with van der Waals surface area (Å²) in [6, 6.07) is 4.80. The number of rotatable bonds is 8. The second kappa shape index (κ2) is 9.93. The molecule has 2 aromatic rings. The summed E-state index contributed by atoms with van der Waals surface area (Å²) in [7, 11) is -3.50. The molecule has 0 atom stereocenters. The van der Waals surface area contributed by atoms with Crippen molar-refractivity contribution in [3.8, 4) is 0 Å². The summed E-state index contributed by atoms with van der Waals surface area (Å²) in [5.41, 5.74) is 0.522. The Kier molecular flexibility index (Phi) is 7.56. The van der Waals surface area contributed by atoms with E-state index in [1.54, 1.807) is 24.7 Å². The topological polar surface area (TPSA) is 84.3 Å². The highest BCUT2D eigenvalue weighted by molar-refractivity contribution is 7.88. The van der Waals surface area contributed by atoms with Crippen LogP contribution in [0, 0.1) is 5.92 Å². The van der Waals surface area contributed by atoms with Gasteiger partial charge in [-0.1, -0.05) is 29.3 Å². The van der Waals surface area contributed by atoms with Crippen molar-refractivity contribution in [1.82, 2.24) is 19.2 Å².